The van der Waals surface area contributed by atoms with E-state index in [0.717, 1.165) is 5.56 Å². The van der Waals surface area contributed by atoms with Gasteiger partial charge in [-0.1, -0.05) is 30.3 Å². The van der Waals surface area contributed by atoms with Crippen LogP contribution < -0.4 is 5.73 Å². The topological polar surface area (TPSA) is 83.3 Å². The van der Waals surface area contributed by atoms with Crippen molar-refractivity contribution in [1.29, 1.82) is 5.26 Å². The van der Waals surface area contributed by atoms with Crippen molar-refractivity contribution < 1.29 is 9.21 Å². The van der Waals surface area contributed by atoms with Crippen molar-refractivity contribution >= 4 is 5.91 Å². The molecule has 0 spiro atoms. The highest BCUT2D eigenvalue weighted by Gasteiger charge is 2.23. The number of amides is 1. The highest BCUT2D eigenvalue weighted by molar-refractivity contribution is 5.83. The van der Waals surface area contributed by atoms with Crippen LogP contribution in [-0.2, 0) is 11.3 Å². The van der Waals surface area contributed by atoms with Gasteiger partial charge in [0.1, 0.15) is 11.8 Å². The molecule has 0 saturated heterocycles. The third-order valence-corrected chi connectivity index (χ3v) is 3.16. The predicted molar refractivity (Wildman–Crippen MR) is 77.7 cm³/mol. The van der Waals surface area contributed by atoms with Gasteiger partial charge in [0.25, 0.3) is 0 Å². The van der Waals surface area contributed by atoms with Gasteiger partial charge in [-0.15, -0.1) is 0 Å². The molecule has 108 valence electrons. The van der Waals surface area contributed by atoms with E-state index >= 15 is 0 Å². The van der Waals surface area contributed by atoms with Gasteiger partial charge in [-0.25, -0.2) is 0 Å². The van der Waals surface area contributed by atoms with Crippen LogP contribution in [0.15, 0.2) is 53.1 Å². The molecule has 5 heteroatoms. The molecule has 0 radical (unpaired) electrons. The summed E-state index contributed by atoms with van der Waals surface area (Å²) in [5.41, 5.74) is 6.79. The maximum atomic E-state index is 12.5. The Kier molecular flexibility index (Phi) is 5.13. The van der Waals surface area contributed by atoms with Crippen LogP contribution in [0.1, 0.15) is 23.8 Å². The van der Waals surface area contributed by atoms with Gasteiger partial charge in [-0.2, -0.15) is 5.26 Å². The van der Waals surface area contributed by atoms with E-state index in [1.807, 2.05) is 36.4 Å². The summed E-state index contributed by atoms with van der Waals surface area (Å²) in [6, 6.07) is 14.1. The van der Waals surface area contributed by atoms with Crippen molar-refractivity contribution in [3.05, 3.63) is 60.1 Å². The molecule has 21 heavy (non-hydrogen) atoms. The minimum atomic E-state index is -0.736. The lowest BCUT2D eigenvalue weighted by molar-refractivity contribution is -0.133. The number of furan rings is 1. The number of nitrogens with zero attached hydrogens (tertiary/aromatic N) is 2. The molecule has 0 aliphatic carbocycles. The lowest BCUT2D eigenvalue weighted by atomic mass is 10.1. The molecule has 1 amide bonds. The first kappa shape index (κ1) is 14.8. The molecule has 0 bridgehead atoms. The highest BCUT2D eigenvalue weighted by atomic mass is 16.3. The zero-order chi connectivity index (χ0) is 15.1. The summed E-state index contributed by atoms with van der Waals surface area (Å²) >= 11 is 0. The zero-order valence-electron chi connectivity index (χ0n) is 11.6. The van der Waals surface area contributed by atoms with E-state index in [0.29, 0.717) is 18.8 Å². The Morgan fingerprint density at radius 3 is 2.67 bits per heavy atom. The van der Waals surface area contributed by atoms with Crippen LogP contribution >= 0.6 is 0 Å². The molecular formula is C16H17N3O2. The van der Waals surface area contributed by atoms with Gasteiger partial charge >= 0.3 is 0 Å². The van der Waals surface area contributed by atoms with Gasteiger partial charge in [0.2, 0.25) is 5.91 Å². The van der Waals surface area contributed by atoms with Gasteiger partial charge < -0.3 is 15.1 Å². The van der Waals surface area contributed by atoms with Crippen LogP contribution in [0.2, 0.25) is 0 Å². The molecule has 5 nitrogen and oxygen atoms in total. The maximum Gasteiger partial charge on any atom is 0.244 e. The standard InChI is InChI=1S/C16H17N3O2/c17-9-5-10-19(12-14-8-4-11-21-14)16(20)15(18)13-6-2-1-3-7-13/h1-4,6-8,11,15H,5,10,12,18H2/t15-/m1/s1. The van der Waals surface area contributed by atoms with Crippen LogP contribution in [0.25, 0.3) is 0 Å². The Bertz CT molecular complexity index is 602. The van der Waals surface area contributed by atoms with Crippen LogP contribution in [-0.4, -0.2) is 17.4 Å². The molecule has 1 aromatic heterocycles. The van der Waals surface area contributed by atoms with E-state index in [1.165, 1.54) is 0 Å². The molecular weight excluding hydrogens is 266 g/mol. The molecule has 0 aliphatic rings. The van der Waals surface area contributed by atoms with E-state index in [9.17, 15) is 4.79 Å². The number of nitriles is 1. The Hall–Kier alpha value is -2.58. The van der Waals surface area contributed by atoms with Gasteiger partial charge in [-0.05, 0) is 17.7 Å². The SMILES string of the molecule is N#CCCN(Cc1ccco1)C(=O)[C@H](N)c1ccccc1. The van der Waals surface area contributed by atoms with Gasteiger partial charge in [0.15, 0.2) is 0 Å². The van der Waals surface area contributed by atoms with Crippen molar-refractivity contribution in [2.24, 2.45) is 5.73 Å². The van der Waals surface area contributed by atoms with E-state index in [4.69, 9.17) is 15.4 Å². The number of hydrogen-bond donors (Lipinski definition) is 1. The molecule has 0 fully saturated rings. The number of hydrogen-bond acceptors (Lipinski definition) is 4. The summed E-state index contributed by atoms with van der Waals surface area (Å²) in [6.07, 6.45) is 1.81. The zero-order valence-corrected chi connectivity index (χ0v) is 11.6. The van der Waals surface area contributed by atoms with Crippen LogP contribution in [0.5, 0.6) is 0 Å². The second kappa shape index (κ2) is 7.27. The molecule has 2 aromatic rings. The number of rotatable bonds is 6. The fourth-order valence-electron chi connectivity index (χ4n) is 2.04. The number of carbonyl (C=O) groups excluding carboxylic acids is 1. The Balaban J connectivity index is 2.11. The summed E-state index contributed by atoms with van der Waals surface area (Å²) in [5.74, 6) is 0.453. The van der Waals surface area contributed by atoms with Gasteiger partial charge in [0.05, 0.1) is 25.3 Å². The van der Waals surface area contributed by atoms with Gasteiger partial charge in [-0.3, -0.25) is 4.79 Å². The van der Waals surface area contributed by atoms with Crippen molar-refractivity contribution in [2.45, 2.75) is 19.0 Å². The fraction of sp³-hybridized carbons (Fsp3) is 0.250. The minimum Gasteiger partial charge on any atom is -0.467 e. The molecule has 0 unspecified atom stereocenters. The second-order valence-electron chi connectivity index (χ2n) is 4.64. The third kappa shape index (κ3) is 3.94. The fourth-order valence-corrected chi connectivity index (χ4v) is 2.04. The van der Waals surface area contributed by atoms with Gasteiger partial charge in [0, 0.05) is 6.54 Å². The summed E-state index contributed by atoms with van der Waals surface area (Å²) < 4.78 is 5.26. The first-order valence-corrected chi connectivity index (χ1v) is 6.71. The average Bonchev–Trinajstić information content (AvgIpc) is 3.04. The molecule has 1 aromatic carbocycles. The van der Waals surface area contributed by atoms with Crippen LogP contribution in [0.4, 0.5) is 0 Å². The van der Waals surface area contributed by atoms with E-state index < -0.39 is 6.04 Å². The lowest BCUT2D eigenvalue weighted by Crippen LogP contribution is -2.38. The third-order valence-electron chi connectivity index (χ3n) is 3.16. The molecule has 0 saturated carbocycles. The lowest BCUT2D eigenvalue weighted by Gasteiger charge is -2.24. The van der Waals surface area contributed by atoms with E-state index in [1.54, 1.807) is 23.3 Å². The van der Waals surface area contributed by atoms with Crippen molar-refractivity contribution in [3.63, 3.8) is 0 Å². The Labute approximate surface area is 123 Å². The molecule has 0 aliphatic heterocycles. The normalized spacial score (nSPS) is 11.6. The summed E-state index contributed by atoms with van der Waals surface area (Å²) in [6.45, 7) is 0.643. The first-order valence-electron chi connectivity index (χ1n) is 6.71. The number of nitrogens with two attached hydrogens (primary N) is 1. The monoisotopic (exact) mass is 283 g/mol. The predicted octanol–water partition coefficient (Wildman–Crippen LogP) is 2.22. The van der Waals surface area contributed by atoms with E-state index in [-0.39, 0.29) is 12.3 Å². The number of carbonyl (C=O) groups is 1. The second-order valence-corrected chi connectivity index (χ2v) is 4.64. The van der Waals surface area contributed by atoms with Crippen LogP contribution in [0, 0.1) is 11.3 Å². The maximum absolute atomic E-state index is 12.5. The molecule has 2 N–H and O–H groups in total. The first-order chi connectivity index (χ1) is 10.2. The largest absolute Gasteiger partial charge is 0.467 e. The van der Waals surface area contributed by atoms with Crippen molar-refractivity contribution in [1.82, 2.24) is 4.90 Å². The van der Waals surface area contributed by atoms with Crippen LogP contribution in [0.3, 0.4) is 0 Å². The summed E-state index contributed by atoms with van der Waals surface area (Å²) in [7, 11) is 0. The minimum absolute atomic E-state index is 0.215. The Morgan fingerprint density at radius 1 is 1.29 bits per heavy atom. The number of benzene rings is 1. The Morgan fingerprint density at radius 2 is 2.05 bits per heavy atom. The van der Waals surface area contributed by atoms with Crippen molar-refractivity contribution in [3.8, 4) is 6.07 Å². The van der Waals surface area contributed by atoms with Crippen molar-refractivity contribution in [2.75, 3.05) is 6.54 Å². The summed E-state index contributed by atoms with van der Waals surface area (Å²) in [5, 5.41) is 8.74. The smallest absolute Gasteiger partial charge is 0.244 e. The molecule has 2 rings (SSSR count). The molecule has 1 heterocycles. The summed E-state index contributed by atoms with van der Waals surface area (Å²) in [4.78, 5) is 14.1. The molecule has 1 atom stereocenters. The quantitative estimate of drug-likeness (QED) is 0.881. The average molecular weight is 283 g/mol. The van der Waals surface area contributed by atoms with E-state index in [2.05, 4.69) is 0 Å². The highest BCUT2D eigenvalue weighted by Crippen LogP contribution is 2.15.